The third-order valence-electron chi connectivity index (χ3n) is 3.67. The summed E-state index contributed by atoms with van der Waals surface area (Å²) in [5.41, 5.74) is 1.29. The summed E-state index contributed by atoms with van der Waals surface area (Å²) in [6, 6.07) is 4.13. The molecule has 1 fully saturated rings. The van der Waals surface area contributed by atoms with Crippen LogP contribution in [0.2, 0.25) is 0 Å². The highest BCUT2D eigenvalue weighted by molar-refractivity contribution is 7.99. The molecule has 0 unspecified atom stereocenters. The van der Waals surface area contributed by atoms with Gasteiger partial charge in [-0.05, 0) is 36.3 Å². The van der Waals surface area contributed by atoms with Gasteiger partial charge in [-0.25, -0.2) is 0 Å². The van der Waals surface area contributed by atoms with Gasteiger partial charge in [0.25, 0.3) is 0 Å². The molecule has 5 heteroatoms. The van der Waals surface area contributed by atoms with E-state index in [-0.39, 0.29) is 0 Å². The quantitative estimate of drug-likeness (QED) is 0.755. The van der Waals surface area contributed by atoms with E-state index >= 15 is 0 Å². The van der Waals surface area contributed by atoms with Crippen LogP contribution in [0.1, 0.15) is 25.3 Å². The number of rotatable bonds is 6. The summed E-state index contributed by atoms with van der Waals surface area (Å²) < 4.78 is 0. The van der Waals surface area contributed by atoms with Crippen LogP contribution in [0.3, 0.4) is 0 Å². The minimum atomic E-state index is 0.305. The molecule has 1 amide bonds. The maximum absolute atomic E-state index is 12.2. The lowest BCUT2D eigenvalue weighted by atomic mass is 10.2. The lowest BCUT2D eigenvalue weighted by Crippen LogP contribution is -2.36. The number of aromatic nitrogens is 1. The first-order valence-corrected chi connectivity index (χ1v) is 8.92. The Morgan fingerprint density at radius 1 is 1.24 bits per heavy atom. The van der Waals surface area contributed by atoms with Crippen LogP contribution in [-0.4, -0.2) is 58.4 Å². The molecule has 0 bridgehead atoms. The summed E-state index contributed by atoms with van der Waals surface area (Å²) in [6.07, 6.45) is 5.88. The third-order valence-corrected chi connectivity index (χ3v) is 4.82. The van der Waals surface area contributed by atoms with Gasteiger partial charge in [0.15, 0.2) is 0 Å². The van der Waals surface area contributed by atoms with Crippen molar-refractivity contribution in [3.05, 3.63) is 30.1 Å². The Kier molecular flexibility index (Phi) is 7.03. The minimum Gasteiger partial charge on any atom is -0.341 e. The van der Waals surface area contributed by atoms with Crippen LogP contribution >= 0.6 is 11.8 Å². The fraction of sp³-hybridized carbons (Fsp3) is 0.625. The maximum Gasteiger partial charge on any atom is 0.232 e. The number of carbonyl (C=O) groups is 1. The second-order valence-electron chi connectivity index (χ2n) is 5.42. The summed E-state index contributed by atoms with van der Waals surface area (Å²) in [7, 11) is 0. The molecule has 2 rings (SSSR count). The molecule has 0 saturated carbocycles. The summed E-state index contributed by atoms with van der Waals surface area (Å²) in [5, 5.41) is 0. The predicted molar refractivity (Wildman–Crippen MR) is 88.3 cm³/mol. The number of hydrogen-bond acceptors (Lipinski definition) is 4. The van der Waals surface area contributed by atoms with E-state index in [0.29, 0.717) is 11.7 Å². The van der Waals surface area contributed by atoms with Crippen molar-refractivity contribution >= 4 is 17.7 Å². The van der Waals surface area contributed by atoms with Crippen LogP contribution < -0.4 is 0 Å². The molecule has 0 radical (unpaired) electrons. The molecular formula is C16H25N3OS. The van der Waals surface area contributed by atoms with Crippen LogP contribution in [0.15, 0.2) is 24.5 Å². The van der Waals surface area contributed by atoms with E-state index in [2.05, 4.69) is 28.9 Å². The molecule has 1 saturated heterocycles. The number of pyridine rings is 1. The zero-order valence-corrected chi connectivity index (χ0v) is 13.6. The van der Waals surface area contributed by atoms with Gasteiger partial charge in [0.05, 0.1) is 5.75 Å². The van der Waals surface area contributed by atoms with Crippen molar-refractivity contribution in [2.75, 3.05) is 37.7 Å². The topological polar surface area (TPSA) is 36.4 Å². The average molecular weight is 307 g/mol. The van der Waals surface area contributed by atoms with Gasteiger partial charge in [-0.2, -0.15) is 11.8 Å². The van der Waals surface area contributed by atoms with Gasteiger partial charge in [-0.3, -0.25) is 14.7 Å². The van der Waals surface area contributed by atoms with Crippen molar-refractivity contribution < 1.29 is 4.79 Å². The minimum absolute atomic E-state index is 0.305. The SMILES string of the molecule is CCCSCC(=O)N1CCCN(Cc2ccncc2)CC1. The summed E-state index contributed by atoms with van der Waals surface area (Å²) in [4.78, 5) is 20.7. The lowest BCUT2D eigenvalue weighted by Gasteiger charge is -2.22. The van der Waals surface area contributed by atoms with Crippen LogP contribution in [-0.2, 0) is 11.3 Å². The second-order valence-corrected chi connectivity index (χ2v) is 6.52. The molecule has 1 aliphatic heterocycles. The highest BCUT2D eigenvalue weighted by Gasteiger charge is 2.18. The van der Waals surface area contributed by atoms with Gasteiger partial charge in [-0.1, -0.05) is 6.92 Å². The van der Waals surface area contributed by atoms with Crippen molar-refractivity contribution in [1.29, 1.82) is 0 Å². The number of hydrogen-bond donors (Lipinski definition) is 0. The third kappa shape index (κ3) is 5.67. The number of thioether (sulfide) groups is 1. The number of amides is 1. The van der Waals surface area contributed by atoms with E-state index < -0.39 is 0 Å². The van der Waals surface area contributed by atoms with Gasteiger partial charge in [0, 0.05) is 45.1 Å². The van der Waals surface area contributed by atoms with E-state index in [0.717, 1.165) is 51.3 Å². The van der Waals surface area contributed by atoms with Gasteiger partial charge in [-0.15, -0.1) is 0 Å². The molecule has 2 heterocycles. The molecule has 1 aliphatic rings. The molecule has 4 nitrogen and oxygen atoms in total. The summed E-state index contributed by atoms with van der Waals surface area (Å²) in [5.74, 6) is 2.02. The molecule has 0 atom stereocenters. The van der Waals surface area contributed by atoms with Gasteiger partial charge in [0.2, 0.25) is 5.91 Å². The first-order chi connectivity index (χ1) is 10.3. The van der Waals surface area contributed by atoms with Crippen LogP contribution in [0.25, 0.3) is 0 Å². The van der Waals surface area contributed by atoms with Gasteiger partial charge < -0.3 is 4.90 Å². The highest BCUT2D eigenvalue weighted by Crippen LogP contribution is 2.10. The molecule has 0 aliphatic carbocycles. The fourth-order valence-corrected chi connectivity index (χ4v) is 3.31. The summed E-state index contributed by atoms with van der Waals surface area (Å²) in [6.45, 7) is 6.89. The van der Waals surface area contributed by atoms with Crippen LogP contribution in [0.5, 0.6) is 0 Å². The van der Waals surface area contributed by atoms with Crippen molar-refractivity contribution in [2.45, 2.75) is 26.3 Å². The molecule has 1 aromatic rings. The molecular weight excluding hydrogens is 282 g/mol. The maximum atomic E-state index is 12.2. The molecule has 116 valence electrons. The van der Waals surface area contributed by atoms with Crippen molar-refractivity contribution in [2.24, 2.45) is 0 Å². The Labute approximate surface area is 131 Å². The van der Waals surface area contributed by atoms with Crippen molar-refractivity contribution in [3.8, 4) is 0 Å². The molecule has 0 N–H and O–H groups in total. The number of carbonyl (C=O) groups excluding carboxylic acids is 1. The van der Waals surface area contributed by atoms with Crippen molar-refractivity contribution in [3.63, 3.8) is 0 Å². The molecule has 0 spiro atoms. The number of nitrogens with zero attached hydrogens (tertiary/aromatic N) is 3. The second kappa shape index (κ2) is 9.05. The Morgan fingerprint density at radius 3 is 2.81 bits per heavy atom. The fourth-order valence-electron chi connectivity index (χ4n) is 2.52. The summed E-state index contributed by atoms with van der Waals surface area (Å²) >= 11 is 1.75. The molecule has 1 aromatic heterocycles. The average Bonchev–Trinajstić information content (AvgIpc) is 2.74. The van der Waals surface area contributed by atoms with E-state index in [1.54, 1.807) is 11.8 Å². The Bertz CT molecular complexity index is 427. The first kappa shape index (κ1) is 16.3. The van der Waals surface area contributed by atoms with E-state index in [1.165, 1.54) is 5.56 Å². The van der Waals surface area contributed by atoms with Crippen LogP contribution in [0, 0.1) is 0 Å². The van der Waals surface area contributed by atoms with Gasteiger partial charge in [0.1, 0.15) is 0 Å². The normalized spacial score (nSPS) is 16.7. The zero-order valence-electron chi connectivity index (χ0n) is 12.8. The zero-order chi connectivity index (χ0) is 14.9. The smallest absolute Gasteiger partial charge is 0.232 e. The van der Waals surface area contributed by atoms with Gasteiger partial charge >= 0.3 is 0 Å². The highest BCUT2D eigenvalue weighted by atomic mass is 32.2. The first-order valence-electron chi connectivity index (χ1n) is 7.76. The van der Waals surface area contributed by atoms with Crippen molar-refractivity contribution in [1.82, 2.24) is 14.8 Å². The Hall–Kier alpha value is -1.07. The predicted octanol–water partition coefficient (Wildman–Crippen LogP) is 2.26. The monoisotopic (exact) mass is 307 g/mol. The van der Waals surface area contributed by atoms with Crippen LogP contribution in [0.4, 0.5) is 0 Å². The van der Waals surface area contributed by atoms with E-state index in [9.17, 15) is 4.79 Å². The molecule has 21 heavy (non-hydrogen) atoms. The lowest BCUT2D eigenvalue weighted by molar-refractivity contribution is -0.128. The largest absolute Gasteiger partial charge is 0.341 e. The standard InChI is InChI=1S/C16H25N3OS/c1-2-12-21-14-16(20)19-9-3-8-18(10-11-19)13-15-4-6-17-7-5-15/h4-7H,2-3,8-14H2,1H3. The Balaban J connectivity index is 1.77. The van der Waals surface area contributed by atoms with E-state index in [4.69, 9.17) is 0 Å². The van der Waals surface area contributed by atoms with E-state index in [1.807, 2.05) is 17.3 Å². The Morgan fingerprint density at radius 2 is 2.05 bits per heavy atom. The molecule has 0 aromatic carbocycles.